The Labute approximate surface area is 108 Å². The molecule has 0 bridgehead atoms. The summed E-state index contributed by atoms with van der Waals surface area (Å²) in [5, 5.41) is 20.4. The first-order valence-corrected chi connectivity index (χ1v) is 6.65. The highest BCUT2D eigenvalue weighted by Gasteiger charge is 2.27. The zero-order chi connectivity index (χ0) is 13.1. The monoisotopic (exact) mass is 267 g/mol. The summed E-state index contributed by atoms with van der Waals surface area (Å²) in [6, 6.07) is 4.47. The molecule has 1 aliphatic rings. The second-order valence-corrected chi connectivity index (χ2v) is 5.58. The van der Waals surface area contributed by atoms with Crippen LogP contribution >= 0.6 is 11.8 Å². The van der Waals surface area contributed by atoms with Gasteiger partial charge in [0.05, 0.1) is 9.82 Å². The van der Waals surface area contributed by atoms with Crippen LogP contribution in [0.5, 0.6) is 0 Å². The number of thioether (sulfide) groups is 1. The van der Waals surface area contributed by atoms with Gasteiger partial charge in [0.15, 0.2) is 0 Å². The molecule has 1 aromatic rings. The first kappa shape index (κ1) is 12.9. The van der Waals surface area contributed by atoms with E-state index in [-0.39, 0.29) is 11.3 Å². The molecule has 96 valence electrons. The van der Waals surface area contributed by atoms with E-state index in [9.17, 15) is 14.9 Å². The molecule has 0 aliphatic heterocycles. The molecular formula is C12H13NO4S. The normalized spacial score (nSPS) is 15.8. The minimum atomic E-state index is -1.25. The van der Waals surface area contributed by atoms with Crippen molar-refractivity contribution in [3.8, 4) is 0 Å². The van der Waals surface area contributed by atoms with Crippen LogP contribution in [-0.2, 0) is 0 Å². The summed E-state index contributed by atoms with van der Waals surface area (Å²) in [6.07, 6.45) is 4.37. The smallest absolute Gasteiger partial charge is 0.342 e. The SMILES string of the molecule is O=C(O)c1cccc(SC2CCCC2)c1[N+](=O)[O-]. The molecule has 1 aliphatic carbocycles. The fraction of sp³-hybridized carbons (Fsp3) is 0.417. The molecule has 0 atom stereocenters. The van der Waals surface area contributed by atoms with Crippen LogP contribution in [0.2, 0.25) is 0 Å². The van der Waals surface area contributed by atoms with Gasteiger partial charge in [0, 0.05) is 5.25 Å². The molecule has 5 nitrogen and oxygen atoms in total. The predicted octanol–water partition coefficient (Wildman–Crippen LogP) is 3.33. The van der Waals surface area contributed by atoms with Gasteiger partial charge in [-0.1, -0.05) is 18.9 Å². The standard InChI is InChI=1S/C12H13NO4S/c14-12(15)9-6-3-7-10(11(9)13(16)17)18-8-4-1-2-5-8/h3,6-8H,1-2,4-5H2,(H,14,15). The molecule has 0 heterocycles. The van der Waals surface area contributed by atoms with Crippen molar-refractivity contribution in [2.45, 2.75) is 35.8 Å². The number of nitro benzene ring substituents is 1. The van der Waals surface area contributed by atoms with Gasteiger partial charge in [-0.15, -0.1) is 11.8 Å². The van der Waals surface area contributed by atoms with E-state index in [0.29, 0.717) is 10.1 Å². The van der Waals surface area contributed by atoms with Gasteiger partial charge in [-0.05, 0) is 25.0 Å². The minimum Gasteiger partial charge on any atom is -0.477 e. The number of nitro groups is 1. The Morgan fingerprint density at radius 2 is 2.06 bits per heavy atom. The zero-order valence-electron chi connectivity index (χ0n) is 9.67. The largest absolute Gasteiger partial charge is 0.477 e. The fourth-order valence-electron chi connectivity index (χ4n) is 2.16. The lowest BCUT2D eigenvalue weighted by molar-refractivity contribution is -0.388. The molecule has 18 heavy (non-hydrogen) atoms. The summed E-state index contributed by atoms with van der Waals surface area (Å²) in [4.78, 5) is 21.9. The molecular weight excluding hydrogens is 254 g/mol. The van der Waals surface area contributed by atoms with Gasteiger partial charge in [0.1, 0.15) is 5.56 Å². The number of benzene rings is 1. The lowest BCUT2D eigenvalue weighted by Crippen LogP contribution is -2.05. The highest BCUT2D eigenvalue weighted by molar-refractivity contribution is 8.00. The van der Waals surface area contributed by atoms with Crippen LogP contribution in [-0.4, -0.2) is 21.2 Å². The van der Waals surface area contributed by atoms with Gasteiger partial charge in [-0.2, -0.15) is 0 Å². The Hall–Kier alpha value is -1.56. The van der Waals surface area contributed by atoms with Crippen LogP contribution in [0.25, 0.3) is 0 Å². The third-order valence-corrected chi connectivity index (χ3v) is 4.40. The maximum atomic E-state index is 11.0. The van der Waals surface area contributed by atoms with Crippen LogP contribution in [0, 0.1) is 10.1 Å². The molecule has 0 spiro atoms. The van der Waals surface area contributed by atoms with Crippen LogP contribution in [0.1, 0.15) is 36.0 Å². The van der Waals surface area contributed by atoms with Crippen molar-refractivity contribution in [3.63, 3.8) is 0 Å². The number of nitrogens with zero attached hydrogens (tertiary/aromatic N) is 1. The van der Waals surface area contributed by atoms with Crippen LogP contribution in [0.15, 0.2) is 23.1 Å². The summed E-state index contributed by atoms with van der Waals surface area (Å²) in [5.74, 6) is -1.25. The molecule has 1 N–H and O–H groups in total. The molecule has 6 heteroatoms. The van der Waals surface area contributed by atoms with Crippen molar-refractivity contribution in [2.75, 3.05) is 0 Å². The van der Waals surface area contributed by atoms with Crippen molar-refractivity contribution in [1.29, 1.82) is 0 Å². The minimum absolute atomic E-state index is 0.233. The van der Waals surface area contributed by atoms with E-state index in [2.05, 4.69) is 0 Å². The average molecular weight is 267 g/mol. The summed E-state index contributed by atoms with van der Waals surface area (Å²) in [6.45, 7) is 0. The molecule has 0 unspecified atom stereocenters. The lowest BCUT2D eigenvalue weighted by Gasteiger charge is -2.09. The number of para-hydroxylation sites is 1. The Kier molecular flexibility index (Phi) is 3.86. The molecule has 0 radical (unpaired) electrons. The quantitative estimate of drug-likeness (QED) is 0.668. The maximum Gasteiger partial charge on any atom is 0.342 e. The third-order valence-electron chi connectivity index (χ3n) is 3.01. The molecule has 1 fully saturated rings. The van der Waals surface area contributed by atoms with E-state index in [0.717, 1.165) is 25.7 Å². The van der Waals surface area contributed by atoms with Crippen molar-refractivity contribution in [2.24, 2.45) is 0 Å². The second kappa shape index (κ2) is 5.39. The molecule has 1 aromatic carbocycles. The molecule has 0 aromatic heterocycles. The first-order chi connectivity index (χ1) is 8.59. The van der Waals surface area contributed by atoms with E-state index in [4.69, 9.17) is 5.11 Å². The second-order valence-electron chi connectivity index (χ2n) is 4.24. The molecule has 0 amide bonds. The van der Waals surface area contributed by atoms with E-state index in [1.807, 2.05) is 0 Å². The lowest BCUT2D eigenvalue weighted by atomic mass is 10.2. The van der Waals surface area contributed by atoms with Gasteiger partial charge in [-0.3, -0.25) is 10.1 Å². The Balaban J connectivity index is 2.36. The first-order valence-electron chi connectivity index (χ1n) is 5.77. The Morgan fingerprint density at radius 1 is 1.39 bits per heavy atom. The number of hydrogen-bond donors (Lipinski definition) is 1. The van der Waals surface area contributed by atoms with Crippen LogP contribution < -0.4 is 0 Å². The predicted molar refractivity (Wildman–Crippen MR) is 68.2 cm³/mol. The molecule has 1 saturated carbocycles. The van der Waals surface area contributed by atoms with Crippen molar-refractivity contribution in [3.05, 3.63) is 33.9 Å². The van der Waals surface area contributed by atoms with Gasteiger partial charge >= 0.3 is 5.97 Å². The van der Waals surface area contributed by atoms with Crippen LogP contribution in [0.4, 0.5) is 5.69 Å². The molecule has 2 rings (SSSR count). The van der Waals surface area contributed by atoms with Crippen molar-refractivity contribution >= 4 is 23.4 Å². The van der Waals surface area contributed by atoms with Gasteiger partial charge in [-0.25, -0.2) is 4.79 Å². The van der Waals surface area contributed by atoms with E-state index < -0.39 is 10.9 Å². The number of carboxylic acids is 1. The number of carboxylic acid groups (broad SMARTS) is 1. The van der Waals surface area contributed by atoms with Gasteiger partial charge < -0.3 is 5.11 Å². The van der Waals surface area contributed by atoms with E-state index in [1.54, 1.807) is 12.1 Å². The Morgan fingerprint density at radius 3 is 2.61 bits per heavy atom. The third kappa shape index (κ3) is 2.64. The highest BCUT2D eigenvalue weighted by Crippen LogP contribution is 2.40. The number of aromatic carboxylic acids is 1. The zero-order valence-corrected chi connectivity index (χ0v) is 10.5. The summed E-state index contributed by atoms with van der Waals surface area (Å²) < 4.78 is 0. The number of rotatable bonds is 4. The van der Waals surface area contributed by atoms with Gasteiger partial charge in [0.25, 0.3) is 5.69 Å². The molecule has 0 saturated heterocycles. The van der Waals surface area contributed by atoms with E-state index in [1.165, 1.54) is 17.8 Å². The number of carbonyl (C=O) groups is 1. The summed E-state index contributed by atoms with van der Waals surface area (Å²) >= 11 is 1.43. The summed E-state index contributed by atoms with van der Waals surface area (Å²) in [7, 11) is 0. The highest BCUT2D eigenvalue weighted by atomic mass is 32.2. The number of hydrogen-bond acceptors (Lipinski definition) is 4. The Bertz CT molecular complexity index is 483. The summed E-state index contributed by atoms with van der Waals surface area (Å²) in [5.41, 5.74) is -0.509. The van der Waals surface area contributed by atoms with E-state index >= 15 is 0 Å². The fourth-order valence-corrected chi connectivity index (χ4v) is 3.55. The topological polar surface area (TPSA) is 80.4 Å². The maximum absolute atomic E-state index is 11.0. The van der Waals surface area contributed by atoms with Gasteiger partial charge in [0.2, 0.25) is 0 Å². The van der Waals surface area contributed by atoms with Crippen molar-refractivity contribution < 1.29 is 14.8 Å². The van der Waals surface area contributed by atoms with Crippen molar-refractivity contribution in [1.82, 2.24) is 0 Å². The van der Waals surface area contributed by atoms with Crippen LogP contribution in [0.3, 0.4) is 0 Å². The average Bonchev–Trinajstić information content (AvgIpc) is 2.81.